The number of benzene rings is 2. The lowest BCUT2D eigenvalue weighted by Gasteiger charge is -2.11. The summed E-state index contributed by atoms with van der Waals surface area (Å²) in [5.74, 6) is -0.409. The van der Waals surface area contributed by atoms with Crippen LogP contribution in [0.25, 0.3) is 0 Å². The van der Waals surface area contributed by atoms with Crippen molar-refractivity contribution in [3.8, 4) is 5.75 Å². The predicted molar refractivity (Wildman–Crippen MR) is 97.7 cm³/mol. The van der Waals surface area contributed by atoms with Gasteiger partial charge in [-0.15, -0.1) is 0 Å². The Kier molecular flexibility index (Phi) is 6.91. The van der Waals surface area contributed by atoms with E-state index in [9.17, 15) is 14.4 Å². The van der Waals surface area contributed by atoms with Crippen LogP contribution in [0.15, 0.2) is 48.5 Å². The second-order valence-electron chi connectivity index (χ2n) is 5.94. The van der Waals surface area contributed by atoms with E-state index >= 15 is 0 Å². The van der Waals surface area contributed by atoms with E-state index < -0.39 is 11.8 Å². The van der Waals surface area contributed by atoms with Crippen LogP contribution in [-0.4, -0.2) is 24.2 Å². The van der Waals surface area contributed by atoms with Crippen LogP contribution < -0.4 is 15.6 Å². The molecule has 2 amide bonds. The average molecular weight is 354 g/mol. The Bertz CT molecular complexity index is 788. The minimum atomic E-state index is -0.478. The molecule has 0 unspecified atom stereocenters. The van der Waals surface area contributed by atoms with Gasteiger partial charge in [0.05, 0.1) is 0 Å². The van der Waals surface area contributed by atoms with Crippen molar-refractivity contribution < 1.29 is 19.1 Å². The quantitative estimate of drug-likeness (QED) is 0.591. The fraction of sp³-hybridized carbons (Fsp3) is 0.250. The minimum absolute atomic E-state index is 0.00808. The lowest BCUT2D eigenvalue weighted by molar-refractivity contribution is -0.130. The summed E-state index contributed by atoms with van der Waals surface area (Å²) >= 11 is 0. The van der Waals surface area contributed by atoms with Crippen molar-refractivity contribution in [2.45, 2.75) is 26.7 Å². The molecule has 2 rings (SSSR count). The Balaban J connectivity index is 1.69. The summed E-state index contributed by atoms with van der Waals surface area (Å²) < 4.78 is 5.45. The maximum atomic E-state index is 11.9. The molecule has 136 valence electrons. The maximum absolute atomic E-state index is 11.9. The number of hydrazine groups is 1. The van der Waals surface area contributed by atoms with E-state index in [2.05, 4.69) is 10.9 Å². The number of carbonyl (C=O) groups excluding carboxylic acids is 3. The minimum Gasteiger partial charge on any atom is -0.483 e. The lowest BCUT2D eigenvalue weighted by Crippen LogP contribution is -2.43. The predicted octanol–water partition coefficient (Wildman–Crippen LogP) is 2.49. The number of carbonyl (C=O) groups is 3. The van der Waals surface area contributed by atoms with Crippen LogP contribution in [0.1, 0.15) is 34.3 Å². The van der Waals surface area contributed by atoms with Gasteiger partial charge in [0.25, 0.3) is 5.91 Å². The summed E-state index contributed by atoms with van der Waals surface area (Å²) in [4.78, 5) is 35.4. The number of ketones is 1. The second kappa shape index (κ2) is 9.36. The van der Waals surface area contributed by atoms with E-state index in [0.717, 1.165) is 11.1 Å². The van der Waals surface area contributed by atoms with Gasteiger partial charge >= 0.3 is 0 Å². The van der Waals surface area contributed by atoms with Gasteiger partial charge < -0.3 is 4.74 Å². The van der Waals surface area contributed by atoms with Crippen LogP contribution in [0.3, 0.4) is 0 Å². The number of hydrogen-bond donors (Lipinski definition) is 2. The van der Waals surface area contributed by atoms with Gasteiger partial charge in [-0.05, 0) is 31.0 Å². The molecular weight excluding hydrogens is 332 g/mol. The highest BCUT2D eigenvalue weighted by Crippen LogP contribution is 2.18. The molecule has 0 saturated carbocycles. The molecule has 0 bridgehead atoms. The molecule has 0 saturated heterocycles. The topological polar surface area (TPSA) is 84.5 Å². The van der Waals surface area contributed by atoms with Gasteiger partial charge in [0.1, 0.15) is 5.75 Å². The van der Waals surface area contributed by atoms with Crippen molar-refractivity contribution in [3.63, 3.8) is 0 Å². The number of ether oxygens (including phenoxy) is 1. The summed E-state index contributed by atoms with van der Waals surface area (Å²) in [6.07, 6.45) is 0.0660. The third-order valence-electron chi connectivity index (χ3n) is 3.72. The third kappa shape index (κ3) is 6.05. The van der Waals surface area contributed by atoms with Crippen molar-refractivity contribution in [1.82, 2.24) is 10.9 Å². The van der Waals surface area contributed by atoms with E-state index in [0.29, 0.717) is 11.3 Å². The van der Waals surface area contributed by atoms with E-state index in [1.54, 1.807) is 24.3 Å². The van der Waals surface area contributed by atoms with Crippen molar-refractivity contribution >= 4 is 17.6 Å². The molecule has 0 aliphatic carbocycles. The monoisotopic (exact) mass is 354 g/mol. The number of hydrogen-bond acceptors (Lipinski definition) is 4. The molecule has 2 N–H and O–H groups in total. The van der Waals surface area contributed by atoms with E-state index in [1.165, 1.54) is 0 Å². The van der Waals surface area contributed by atoms with Crippen LogP contribution in [0.4, 0.5) is 0 Å². The Morgan fingerprint density at radius 2 is 1.58 bits per heavy atom. The fourth-order valence-corrected chi connectivity index (χ4v) is 2.24. The highest BCUT2D eigenvalue weighted by molar-refractivity contribution is 5.98. The number of nitrogens with one attached hydrogen (secondary N) is 2. The van der Waals surface area contributed by atoms with Gasteiger partial charge in [0, 0.05) is 18.4 Å². The molecule has 6 heteroatoms. The number of rotatable bonds is 7. The molecule has 26 heavy (non-hydrogen) atoms. The second-order valence-corrected chi connectivity index (χ2v) is 5.94. The van der Waals surface area contributed by atoms with Gasteiger partial charge in [-0.3, -0.25) is 25.2 Å². The maximum Gasteiger partial charge on any atom is 0.276 e. The first kappa shape index (κ1) is 19.2. The van der Waals surface area contributed by atoms with Gasteiger partial charge in [0.15, 0.2) is 12.4 Å². The first-order valence-electron chi connectivity index (χ1n) is 8.31. The average Bonchev–Trinajstić information content (AvgIpc) is 2.65. The zero-order valence-corrected chi connectivity index (χ0v) is 14.9. The largest absolute Gasteiger partial charge is 0.483 e. The van der Waals surface area contributed by atoms with Crippen LogP contribution in [0.5, 0.6) is 5.75 Å². The summed E-state index contributed by atoms with van der Waals surface area (Å²) in [5.41, 5.74) is 7.07. The Morgan fingerprint density at radius 3 is 2.31 bits per heavy atom. The van der Waals surface area contributed by atoms with Crippen LogP contribution in [0, 0.1) is 13.8 Å². The molecule has 0 radical (unpaired) electrons. The van der Waals surface area contributed by atoms with E-state index in [1.807, 2.05) is 38.1 Å². The van der Waals surface area contributed by atoms with Gasteiger partial charge in [-0.1, -0.05) is 42.5 Å². The zero-order chi connectivity index (χ0) is 18.9. The standard InChI is InChI=1S/C20H22N2O4/c1-14-8-9-15(2)18(12-14)26-13-20(25)22-21-19(24)11-10-17(23)16-6-4-3-5-7-16/h3-9,12H,10-11,13H2,1-2H3,(H,21,24)(H,22,25). The molecule has 0 atom stereocenters. The smallest absolute Gasteiger partial charge is 0.276 e. The van der Waals surface area contributed by atoms with Crippen molar-refractivity contribution in [1.29, 1.82) is 0 Å². The van der Waals surface area contributed by atoms with Gasteiger partial charge in [-0.25, -0.2) is 0 Å². The van der Waals surface area contributed by atoms with E-state index in [4.69, 9.17) is 4.74 Å². The molecule has 0 spiro atoms. The SMILES string of the molecule is Cc1ccc(C)c(OCC(=O)NNC(=O)CCC(=O)c2ccccc2)c1. The molecule has 0 aliphatic heterocycles. The lowest BCUT2D eigenvalue weighted by atomic mass is 10.1. The van der Waals surface area contributed by atoms with Gasteiger partial charge in [-0.2, -0.15) is 0 Å². The molecule has 0 aromatic heterocycles. The highest BCUT2D eigenvalue weighted by Gasteiger charge is 2.10. The zero-order valence-electron chi connectivity index (χ0n) is 14.9. The van der Waals surface area contributed by atoms with Crippen molar-refractivity contribution in [3.05, 3.63) is 65.2 Å². The number of amides is 2. The molecule has 2 aromatic carbocycles. The van der Waals surface area contributed by atoms with Crippen LogP contribution in [-0.2, 0) is 9.59 Å². The molecule has 6 nitrogen and oxygen atoms in total. The first-order valence-corrected chi connectivity index (χ1v) is 8.31. The highest BCUT2D eigenvalue weighted by atomic mass is 16.5. The summed E-state index contributed by atoms with van der Waals surface area (Å²) in [5, 5.41) is 0. The summed E-state index contributed by atoms with van der Waals surface area (Å²) in [6, 6.07) is 14.5. The third-order valence-corrected chi connectivity index (χ3v) is 3.72. The molecule has 0 fully saturated rings. The summed E-state index contributed by atoms with van der Waals surface area (Å²) in [7, 11) is 0. The van der Waals surface area contributed by atoms with Gasteiger partial charge in [0.2, 0.25) is 5.91 Å². The van der Waals surface area contributed by atoms with Crippen LogP contribution >= 0.6 is 0 Å². The number of Topliss-reactive ketones (excluding diaryl/α,β-unsaturated/α-hetero) is 1. The normalized spacial score (nSPS) is 10.1. The van der Waals surface area contributed by atoms with Crippen molar-refractivity contribution in [2.24, 2.45) is 0 Å². The van der Waals surface area contributed by atoms with E-state index in [-0.39, 0.29) is 25.2 Å². The fourth-order valence-electron chi connectivity index (χ4n) is 2.24. The summed E-state index contributed by atoms with van der Waals surface area (Å²) in [6.45, 7) is 3.61. The molecule has 0 heterocycles. The Hall–Kier alpha value is -3.15. The first-order chi connectivity index (χ1) is 12.5. The Labute approximate surface area is 152 Å². The Morgan fingerprint density at radius 1 is 0.885 bits per heavy atom. The molecular formula is C20H22N2O4. The number of aryl methyl sites for hydroxylation is 2. The molecule has 0 aliphatic rings. The molecule has 2 aromatic rings. The van der Waals surface area contributed by atoms with Crippen LogP contribution in [0.2, 0.25) is 0 Å². The van der Waals surface area contributed by atoms with Crippen molar-refractivity contribution in [2.75, 3.05) is 6.61 Å².